The number of benzene rings is 1. The summed E-state index contributed by atoms with van der Waals surface area (Å²) in [7, 11) is 0. The number of hydrogen-bond donors (Lipinski definition) is 0. The Hall–Kier alpha value is 0.662. The first kappa shape index (κ1) is 21.0. The maximum atomic E-state index is 3.27. The third-order valence-electron chi connectivity index (χ3n) is 3.08. The van der Waals surface area contributed by atoms with Crippen LogP contribution in [-0.2, 0) is 27.3 Å². The quantitative estimate of drug-likeness (QED) is 0.516. The van der Waals surface area contributed by atoms with Crippen LogP contribution in [0.4, 0.5) is 0 Å². The van der Waals surface area contributed by atoms with Crippen LogP contribution in [0.1, 0.15) is 76.0 Å². The van der Waals surface area contributed by atoms with Crippen LogP contribution in [0.2, 0.25) is 0 Å². The molecule has 1 aromatic carbocycles. The molecule has 1 rings (SSSR count). The summed E-state index contributed by atoms with van der Waals surface area (Å²) < 4.78 is 1.37. The van der Waals surface area contributed by atoms with Crippen molar-refractivity contribution in [2.45, 2.75) is 59.3 Å². The van der Waals surface area contributed by atoms with Crippen LogP contribution in [0.25, 0.3) is 0 Å². The zero-order valence-electron chi connectivity index (χ0n) is 13.0. The third-order valence-corrected chi connectivity index (χ3v) is 4.07. The predicted molar refractivity (Wildman–Crippen MR) is 80.5 cm³/mol. The second kappa shape index (κ2) is 8.76. The van der Waals surface area contributed by atoms with E-state index in [2.05, 4.69) is 69.7 Å². The van der Waals surface area contributed by atoms with Crippen molar-refractivity contribution in [2.24, 2.45) is 0 Å². The molecule has 0 heterocycles. The summed E-state index contributed by atoms with van der Waals surface area (Å²) in [6.07, 6.45) is 0. The smallest absolute Gasteiger partial charge is 0 e. The molecule has 0 atom stereocenters. The zero-order chi connectivity index (χ0) is 12.5. The minimum atomic E-state index is 0. The van der Waals surface area contributed by atoms with E-state index in [0.29, 0.717) is 17.8 Å². The first-order chi connectivity index (χ1) is 7.34. The molecule has 0 fully saturated rings. The second-order valence-corrected chi connectivity index (χ2v) is 6.35. The second-order valence-electron chi connectivity index (χ2n) is 5.49. The topological polar surface area (TPSA) is 0 Å². The molecule has 0 amide bonds. The molecular weight excluding hydrogens is 384 g/mol. The SMILES string of the molecule is CC(C)c1cc(C(C)C)c([Se])c(C(C)C)c1.[CH3-].[Cd]. The van der Waals surface area contributed by atoms with E-state index in [-0.39, 0.29) is 34.7 Å². The molecule has 18 heavy (non-hydrogen) atoms. The van der Waals surface area contributed by atoms with Crippen molar-refractivity contribution in [1.29, 1.82) is 0 Å². The van der Waals surface area contributed by atoms with Crippen LogP contribution < -0.4 is 4.46 Å². The van der Waals surface area contributed by atoms with Gasteiger partial charge in [-0.05, 0) is 0 Å². The Morgan fingerprint density at radius 3 is 1.33 bits per heavy atom. The minimum Gasteiger partial charge on any atom is -0.358 e. The van der Waals surface area contributed by atoms with E-state index in [1.807, 2.05) is 0 Å². The van der Waals surface area contributed by atoms with Gasteiger partial charge < -0.3 is 7.43 Å². The fourth-order valence-electron chi connectivity index (χ4n) is 1.89. The molecule has 2 heteroatoms. The van der Waals surface area contributed by atoms with Crippen molar-refractivity contribution in [1.82, 2.24) is 0 Å². The number of rotatable bonds is 3. The summed E-state index contributed by atoms with van der Waals surface area (Å²) in [4.78, 5) is 0. The van der Waals surface area contributed by atoms with Gasteiger partial charge in [-0.2, -0.15) is 0 Å². The van der Waals surface area contributed by atoms with E-state index in [9.17, 15) is 0 Å². The van der Waals surface area contributed by atoms with Crippen LogP contribution >= 0.6 is 0 Å². The van der Waals surface area contributed by atoms with Crippen LogP contribution in [0, 0.1) is 7.43 Å². The Morgan fingerprint density at radius 2 is 1.11 bits per heavy atom. The molecule has 0 aliphatic carbocycles. The minimum absolute atomic E-state index is 0. The average molecular weight is 410 g/mol. The van der Waals surface area contributed by atoms with Crippen molar-refractivity contribution in [3.8, 4) is 0 Å². The molecule has 0 N–H and O–H groups in total. The Labute approximate surface area is 142 Å². The van der Waals surface area contributed by atoms with Gasteiger partial charge in [0.2, 0.25) is 0 Å². The fraction of sp³-hybridized carbons (Fsp3) is 0.562. The van der Waals surface area contributed by atoms with Crippen LogP contribution in [0.15, 0.2) is 12.1 Å². The van der Waals surface area contributed by atoms with Gasteiger partial charge in [0.15, 0.2) is 0 Å². The first-order valence-electron chi connectivity index (χ1n) is 6.19. The average Bonchev–Trinajstić information content (AvgIpc) is 2.16. The van der Waals surface area contributed by atoms with Crippen molar-refractivity contribution >= 4 is 20.5 Å². The van der Waals surface area contributed by atoms with Gasteiger partial charge in [0.25, 0.3) is 0 Å². The molecular formula is C16H26CdSe-. The summed E-state index contributed by atoms with van der Waals surface area (Å²) in [6, 6.07) is 4.74. The maximum Gasteiger partial charge on any atom is 0 e. The first-order valence-corrected chi connectivity index (χ1v) is 7.05. The number of hydrogen-bond acceptors (Lipinski definition) is 0. The Morgan fingerprint density at radius 1 is 0.778 bits per heavy atom. The summed E-state index contributed by atoms with van der Waals surface area (Å²) in [6.45, 7) is 13.6. The normalized spacial score (nSPS) is 10.5. The van der Waals surface area contributed by atoms with E-state index in [0.717, 1.165) is 0 Å². The molecule has 1 aromatic rings. The van der Waals surface area contributed by atoms with Gasteiger partial charge in [0, 0.05) is 27.3 Å². The molecule has 0 unspecified atom stereocenters. The molecule has 0 aromatic heterocycles. The van der Waals surface area contributed by atoms with Gasteiger partial charge >= 0.3 is 109 Å². The van der Waals surface area contributed by atoms with Crippen LogP contribution in [0.3, 0.4) is 0 Å². The molecule has 0 saturated heterocycles. The Bertz CT molecular complexity index is 338. The molecule has 0 bridgehead atoms. The summed E-state index contributed by atoms with van der Waals surface area (Å²) >= 11 is 3.27. The maximum absolute atomic E-state index is 3.27. The van der Waals surface area contributed by atoms with Gasteiger partial charge in [-0.1, -0.05) is 0 Å². The molecule has 0 nitrogen and oxygen atoms in total. The van der Waals surface area contributed by atoms with E-state index in [1.165, 1.54) is 21.2 Å². The van der Waals surface area contributed by atoms with Gasteiger partial charge in [0.1, 0.15) is 0 Å². The van der Waals surface area contributed by atoms with Gasteiger partial charge in [-0.15, -0.1) is 0 Å². The molecule has 1 radical (unpaired) electrons. The molecule has 0 spiro atoms. The van der Waals surface area contributed by atoms with Gasteiger partial charge in [0.05, 0.1) is 0 Å². The van der Waals surface area contributed by atoms with Crippen molar-refractivity contribution in [2.75, 3.05) is 0 Å². The molecule has 99 valence electrons. The zero-order valence-corrected chi connectivity index (χ0v) is 18.8. The van der Waals surface area contributed by atoms with E-state index >= 15 is 0 Å². The van der Waals surface area contributed by atoms with E-state index < -0.39 is 0 Å². The van der Waals surface area contributed by atoms with Crippen molar-refractivity contribution in [3.05, 3.63) is 36.2 Å². The van der Waals surface area contributed by atoms with E-state index in [1.54, 1.807) is 0 Å². The van der Waals surface area contributed by atoms with E-state index in [4.69, 9.17) is 0 Å². The summed E-state index contributed by atoms with van der Waals surface area (Å²) in [5.41, 5.74) is 4.40. The van der Waals surface area contributed by atoms with Gasteiger partial charge in [-0.25, -0.2) is 0 Å². The summed E-state index contributed by atoms with van der Waals surface area (Å²) in [5.74, 6) is 1.79. The van der Waals surface area contributed by atoms with Crippen molar-refractivity contribution < 1.29 is 27.3 Å². The van der Waals surface area contributed by atoms with Gasteiger partial charge in [-0.3, -0.25) is 0 Å². The van der Waals surface area contributed by atoms with Crippen LogP contribution in [-0.4, -0.2) is 16.0 Å². The third kappa shape index (κ3) is 4.97. The largest absolute Gasteiger partial charge is 0.358 e. The van der Waals surface area contributed by atoms with Crippen LogP contribution in [0.5, 0.6) is 0 Å². The monoisotopic (exact) mass is 412 g/mol. The Balaban J connectivity index is 0. The molecule has 0 saturated carbocycles. The fourth-order valence-corrected chi connectivity index (χ4v) is 3.13. The predicted octanol–water partition coefficient (Wildman–Crippen LogP) is 4.30. The Kier molecular flexibility index (Phi) is 10.2. The standard InChI is InChI=1S/C15H23Se.CH3.Cd/c1-9(2)12-7-13(10(3)4)15(16)14(8-12)11(5)6;;/h7-11H,1-6H3;1H3;/q;-1;. The molecule has 0 aliphatic rings. The van der Waals surface area contributed by atoms with Crippen molar-refractivity contribution in [3.63, 3.8) is 0 Å². The summed E-state index contributed by atoms with van der Waals surface area (Å²) in [5, 5.41) is 0. The molecule has 0 aliphatic heterocycles.